The predicted octanol–water partition coefficient (Wildman–Crippen LogP) is 1.24. The van der Waals surface area contributed by atoms with Crippen LogP contribution in [0.1, 0.15) is 110 Å². The van der Waals surface area contributed by atoms with Gasteiger partial charge >= 0.3 is 75.5 Å². The van der Waals surface area contributed by atoms with Crippen LogP contribution in [0.25, 0.3) is 0 Å². The van der Waals surface area contributed by atoms with Gasteiger partial charge in [-0.25, -0.2) is 0 Å². The van der Waals surface area contributed by atoms with Crippen LogP contribution >= 0.6 is 0 Å². The molecule has 5 heteroatoms. The first-order valence-electron chi connectivity index (χ1n) is 8.97. The molecule has 0 spiro atoms. The zero-order valence-corrected chi connectivity index (χ0v) is 20.6. The molecule has 0 aliphatic carbocycles. The van der Waals surface area contributed by atoms with Crippen molar-refractivity contribution in [1.82, 2.24) is 0 Å². The fraction of sp³-hybridized carbons (Fsp3) is 0.944. The van der Waals surface area contributed by atoms with Crippen molar-refractivity contribution in [1.29, 1.82) is 0 Å². The van der Waals surface area contributed by atoms with Gasteiger partial charge in [-0.2, -0.15) is 0 Å². The van der Waals surface area contributed by atoms with Crippen LogP contribution in [0.4, 0.5) is 0 Å². The number of carboxylic acids is 1. The molecule has 0 aliphatic rings. The molecular formula is C18H35Ca2ClO2+2. The Bertz CT molecular complexity index is 217. The number of carbonyl (C=O) groups is 1. The molecule has 0 heterocycles. The largest absolute Gasteiger partial charge is 2.00 e. The minimum atomic E-state index is -0.903. The number of carbonyl (C=O) groups excluding carboxylic acids is 1. The molecule has 0 saturated heterocycles. The molecule has 23 heavy (non-hydrogen) atoms. The maximum Gasteiger partial charge on any atom is 2.00 e. The molecule has 0 rings (SSSR count). The molecule has 0 unspecified atom stereocenters. The van der Waals surface area contributed by atoms with Crippen molar-refractivity contribution >= 4 is 81.4 Å². The molecule has 2 nitrogen and oxygen atoms in total. The van der Waals surface area contributed by atoms with Gasteiger partial charge in [0.2, 0.25) is 0 Å². The third-order valence-corrected chi connectivity index (χ3v) is 3.98. The van der Waals surface area contributed by atoms with E-state index in [4.69, 9.17) is 0 Å². The number of unbranched alkanes of at least 4 members (excludes halogenated alkanes) is 14. The van der Waals surface area contributed by atoms with E-state index in [1.165, 1.54) is 83.5 Å². The van der Waals surface area contributed by atoms with E-state index in [0.29, 0.717) is 0 Å². The van der Waals surface area contributed by atoms with Gasteiger partial charge in [-0.3, -0.25) is 0 Å². The number of aliphatic carboxylic acids is 1. The summed E-state index contributed by atoms with van der Waals surface area (Å²) in [6, 6.07) is 0. The average molecular weight is 399 g/mol. The van der Waals surface area contributed by atoms with Crippen LogP contribution in [0.2, 0.25) is 0 Å². The van der Waals surface area contributed by atoms with Crippen molar-refractivity contribution in [2.24, 2.45) is 0 Å². The second-order valence-electron chi connectivity index (χ2n) is 6.07. The van der Waals surface area contributed by atoms with Crippen LogP contribution in [-0.4, -0.2) is 81.4 Å². The molecule has 0 aliphatic heterocycles. The molecule has 0 N–H and O–H groups in total. The smallest absolute Gasteiger partial charge is 1.00 e. The topological polar surface area (TPSA) is 40.1 Å². The van der Waals surface area contributed by atoms with Crippen LogP contribution in [0.3, 0.4) is 0 Å². The van der Waals surface area contributed by atoms with Crippen LogP contribution in [0, 0.1) is 0 Å². The molecule has 0 radical (unpaired) electrons. The summed E-state index contributed by atoms with van der Waals surface area (Å²) < 4.78 is 0. The number of carboxylic acid groups (broad SMARTS) is 1. The van der Waals surface area contributed by atoms with Crippen LogP contribution in [-0.2, 0) is 4.79 Å². The summed E-state index contributed by atoms with van der Waals surface area (Å²) in [6.45, 7) is 2.27. The van der Waals surface area contributed by atoms with Crippen molar-refractivity contribution in [3.8, 4) is 0 Å². The van der Waals surface area contributed by atoms with Gasteiger partial charge < -0.3 is 22.3 Å². The predicted molar refractivity (Wildman–Crippen MR) is 96.1 cm³/mol. The molecule has 0 aromatic rings. The third kappa shape index (κ3) is 32.4. The van der Waals surface area contributed by atoms with Gasteiger partial charge in [0.05, 0.1) is 0 Å². The number of hydrogen-bond donors (Lipinski definition) is 0. The summed E-state index contributed by atoms with van der Waals surface area (Å²) in [4.78, 5) is 10.2. The zero-order valence-electron chi connectivity index (χ0n) is 15.4. The first kappa shape index (κ1) is 32.9. The Labute approximate surface area is 210 Å². The monoisotopic (exact) mass is 398 g/mol. The number of rotatable bonds is 16. The minimum absolute atomic E-state index is 0. The van der Waals surface area contributed by atoms with Crippen molar-refractivity contribution in [3.05, 3.63) is 0 Å². The van der Waals surface area contributed by atoms with E-state index in [9.17, 15) is 9.90 Å². The van der Waals surface area contributed by atoms with E-state index in [1.807, 2.05) is 0 Å². The quantitative estimate of drug-likeness (QED) is 0.290. The molecule has 0 atom stereocenters. The first-order chi connectivity index (χ1) is 9.77. The second-order valence-corrected chi connectivity index (χ2v) is 6.07. The number of hydrogen-bond acceptors (Lipinski definition) is 2. The van der Waals surface area contributed by atoms with Crippen molar-refractivity contribution < 1.29 is 22.3 Å². The fourth-order valence-corrected chi connectivity index (χ4v) is 2.64. The van der Waals surface area contributed by atoms with Gasteiger partial charge in [0, 0.05) is 5.97 Å². The summed E-state index contributed by atoms with van der Waals surface area (Å²) >= 11 is 0. The van der Waals surface area contributed by atoms with E-state index in [1.54, 1.807) is 0 Å². The fourth-order valence-electron chi connectivity index (χ4n) is 2.64. The summed E-state index contributed by atoms with van der Waals surface area (Å²) in [7, 11) is 0. The molecule has 0 saturated carbocycles. The van der Waals surface area contributed by atoms with Gasteiger partial charge in [-0.05, 0) is 12.8 Å². The van der Waals surface area contributed by atoms with Crippen molar-refractivity contribution in [2.45, 2.75) is 110 Å². The van der Waals surface area contributed by atoms with E-state index in [2.05, 4.69) is 6.92 Å². The van der Waals surface area contributed by atoms with Gasteiger partial charge in [0.1, 0.15) is 0 Å². The Morgan fingerprint density at radius 1 is 0.609 bits per heavy atom. The molecule has 0 aromatic carbocycles. The summed E-state index contributed by atoms with van der Waals surface area (Å²) in [5, 5.41) is 10.2. The van der Waals surface area contributed by atoms with Gasteiger partial charge in [0.15, 0.2) is 0 Å². The van der Waals surface area contributed by atoms with Crippen LogP contribution in [0.15, 0.2) is 0 Å². The zero-order chi connectivity index (χ0) is 14.9. The van der Waals surface area contributed by atoms with Gasteiger partial charge in [0.25, 0.3) is 0 Å². The molecular weight excluding hydrogens is 364 g/mol. The molecule has 0 bridgehead atoms. The van der Waals surface area contributed by atoms with E-state index in [0.717, 1.165) is 12.8 Å². The van der Waals surface area contributed by atoms with E-state index < -0.39 is 5.97 Å². The molecule has 0 fully saturated rings. The summed E-state index contributed by atoms with van der Waals surface area (Å²) in [6.07, 6.45) is 19.9. The SMILES string of the molecule is CCCCCCCCCCCCCCCCCC(=O)[O-].[Ca+2].[Ca+2].[Cl-]. The Morgan fingerprint density at radius 3 is 1.13 bits per heavy atom. The van der Waals surface area contributed by atoms with Crippen LogP contribution < -0.4 is 17.5 Å². The maximum atomic E-state index is 10.2. The summed E-state index contributed by atoms with van der Waals surface area (Å²) in [5.74, 6) is -0.903. The Hall–Kier alpha value is 2.28. The second kappa shape index (κ2) is 29.1. The maximum absolute atomic E-state index is 10.2. The third-order valence-electron chi connectivity index (χ3n) is 3.98. The van der Waals surface area contributed by atoms with Gasteiger partial charge in [-0.1, -0.05) is 96.8 Å². The van der Waals surface area contributed by atoms with Crippen molar-refractivity contribution in [3.63, 3.8) is 0 Å². The standard InChI is InChI=1S/C18H36O2.2Ca.ClH/c1-2-3-4-5-6-7-8-9-10-11-12-13-14-15-16-17-18(19)20;;;/h2-17H2,1H3,(H,19,20);;;1H/q;2*+2;/p-2. The molecule has 0 amide bonds. The molecule has 0 aromatic heterocycles. The van der Waals surface area contributed by atoms with Gasteiger partial charge in [-0.15, -0.1) is 0 Å². The Balaban J connectivity index is -0.000000602. The normalized spacial score (nSPS) is 9.43. The average Bonchev–Trinajstić information content (AvgIpc) is 2.43. The van der Waals surface area contributed by atoms with Crippen LogP contribution in [0.5, 0.6) is 0 Å². The minimum Gasteiger partial charge on any atom is -1.00 e. The van der Waals surface area contributed by atoms with E-state index >= 15 is 0 Å². The van der Waals surface area contributed by atoms with E-state index in [-0.39, 0.29) is 94.3 Å². The summed E-state index contributed by atoms with van der Waals surface area (Å²) in [5.41, 5.74) is 0. The van der Waals surface area contributed by atoms with Crippen molar-refractivity contribution in [2.75, 3.05) is 0 Å². The Morgan fingerprint density at radius 2 is 0.870 bits per heavy atom. The number of halogens is 1. The molecule has 128 valence electrons. The Kier molecular flexibility index (Phi) is 41.6. The first-order valence-corrected chi connectivity index (χ1v) is 8.97.